The van der Waals surface area contributed by atoms with Gasteiger partial charge in [0.2, 0.25) is 17.6 Å². The Kier molecular flexibility index (Phi) is 8.35. The number of Topliss-reactive ketones (excluding diaryl/α,β-unsaturated/α-hetero) is 1. The molecule has 3 amide bonds. The number of hydrogen-bond donors (Lipinski definition) is 2. The highest BCUT2D eigenvalue weighted by atomic mass is 16.2. The van der Waals surface area contributed by atoms with E-state index in [1.54, 1.807) is 4.90 Å². The highest BCUT2D eigenvalue weighted by molar-refractivity contribution is 6.38. The molecule has 2 aromatic rings. The molecule has 1 aliphatic heterocycles. The Morgan fingerprint density at radius 3 is 2.18 bits per heavy atom. The summed E-state index contributed by atoms with van der Waals surface area (Å²) >= 11 is 0. The van der Waals surface area contributed by atoms with Gasteiger partial charge in [-0.05, 0) is 23.5 Å². The van der Waals surface area contributed by atoms with Gasteiger partial charge in [-0.3, -0.25) is 19.2 Å². The number of carbonyl (C=O) groups is 4. The maximum atomic E-state index is 13.2. The second kappa shape index (κ2) is 11.4. The molecule has 1 unspecified atom stereocenters. The minimum atomic E-state index is -1.01. The van der Waals surface area contributed by atoms with E-state index >= 15 is 0 Å². The number of rotatable bonds is 10. The first-order valence-corrected chi connectivity index (χ1v) is 11.3. The zero-order chi connectivity index (χ0) is 23.8. The van der Waals surface area contributed by atoms with Gasteiger partial charge in [-0.25, -0.2) is 0 Å². The highest BCUT2D eigenvalue weighted by Crippen LogP contribution is 2.22. The van der Waals surface area contributed by atoms with Gasteiger partial charge < -0.3 is 15.5 Å². The summed E-state index contributed by atoms with van der Waals surface area (Å²) in [4.78, 5) is 52.6. The Labute approximate surface area is 194 Å². The number of ketones is 1. The normalized spacial score (nSPS) is 16.5. The molecule has 0 spiro atoms. The zero-order valence-electron chi connectivity index (χ0n) is 19.1. The lowest BCUT2D eigenvalue weighted by Crippen LogP contribution is -2.53. The van der Waals surface area contributed by atoms with E-state index in [1.165, 1.54) is 0 Å². The largest absolute Gasteiger partial charge is 0.349 e. The first kappa shape index (κ1) is 24.2. The molecule has 0 aliphatic carbocycles. The second-order valence-corrected chi connectivity index (χ2v) is 8.78. The third kappa shape index (κ3) is 6.75. The summed E-state index contributed by atoms with van der Waals surface area (Å²) in [6.07, 6.45) is 0.847. The molecule has 1 heterocycles. The zero-order valence-corrected chi connectivity index (χ0v) is 19.1. The molecule has 1 saturated heterocycles. The molecule has 2 aromatic carbocycles. The van der Waals surface area contributed by atoms with Crippen molar-refractivity contribution < 1.29 is 19.2 Å². The van der Waals surface area contributed by atoms with Crippen LogP contribution in [-0.2, 0) is 32.1 Å². The Morgan fingerprint density at radius 2 is 1.58 bits per heavy atom. The van der Waals surface area contributed by atoms with Crippen LogP contribution in [-0.4, -0.2) is 47.0 Å². The van der Waals surface area contributed by atoms with Gasteiger partial charge in [0, 0.05) is 25.9 Å². The molecule has 174 valence electrons. The molecule has 0 radical (unpaired) electrons. The summed E-state index contributed by atoms with van der Waals surface area (Å²) in [5.41, 5.74) is 1.76. The molecule has 3 rings (SSSR count). The van der Waals surface area contributed by atoms with Gasteiger partial charge >= 0.3 is 0 Å². The van der Waals surface area contributed by atoms with Crippen molar-refractivity contribution in [3.05, 3.63) is 71.8 Å². The Bertz CT molecular complexity index is 976. The van der Waals surface area contributed by atoms with Crippen molar-refractivity contribution >= 4 is 23.5 Å². The Balaban J connectivity index is 1.74. The molecular weight excluding hydrogens is 418 g/mol. The first-order chi connectivity index (χ1) is 15.8. The maximum absolute atomic E-state index is 13.2. The lowest BCUT2D eigenvalue weighted by molar-refractivity contribution is -0.141. The van der Waals surface area contributed by atoms with E-state index < -0.39 is 29.7 Å². The van der Waals surface area contributed by atoms with Gasteiger partial charge in [-0.15, -0.1) is 0 Å². The predicted molar refractivity (Wildman–Crippen MR) is 125 cm³/mol. The van der Waals surface area contributed by atoms with Crippen LogP contribution in [0.25, 0.3) is 0 Å². The number of nitrogens with one attached hydrogen (secondary N) is 2. The molecule has 0 bridgehead atoms. The number of benzene rings is 2. The van der Waals surface area contributed by atoms with Crippen LogP contribution in [0.5, 0.6) is 0 Å². The fourth-order valence-electron chi connectivity index (χ4n) is 3.85. The molecule has 0 aromatic heterocycles. The van der Waals surface area contributed by atoms with E-state index in [2.05, 4.69) is 10.6 Å². The van der Waals surface area contributed by atoms with Crippen molar-refractivity contribution in [3.8, 4) is 0 Å². The van der Waals surface area contributed by atoms with Crippen molar-refractivity contribution in [1.29, 1.82) is 0 Å². The lowest BCUT2D eigenvalue weighted by Gasteiger charge is -2.26. The topological polar surface area (TPSA) is 95.6 Å². The van der Waals surface area contributed by atoms with Crippen molar-refractivity contribution in [3.63, 3.8) is 0 Å². The average molecular weight is 450 g/mol. The summed E-state index contributed by atoms with van der Waals surface area (Å²) in [7, 11) is 0. The van der Waals surface area contributed by atoms with Gasteiger partial charge in [0.05, 0.1) is 0 Å². The minimum Gasteiger partial charge on any atom is -0.349 e. The summed E-state index contributed by atoms with van der Waals surface area (Å²) in [5, 5.41) is 5.40. The van der Waals surface area contributed by atoms with Crippen LogP contribution >= 0.6 is 0 Å². The monoisotopic (exact) mass is 449 g/mol. The van der Waals surface area contributed by atoms with Crippen LogP contribution in [0.2, 0.25) is 0 Å². The smallest absolute Gasteiger partial charge is 0.289 e. The number of amides is 3. The maximum Gasteiger partial charge on any atom is 0.289 e. The Hall–Kier alpha value is -3.48. The fourth-order valence-corrected chi connectivity index (χ4v) is 3.85. The van der Waals surface area contributed by atoms with Gasteiger partial charge in [-0.1, -0.05) is 74.5 Å². The summed E-state index contributed by atoms with van der Waals surface area (Å²) in [6.45, 7) is 4.57. The summed E-state index contributed by atoms with van der Waals surface area (Å²) in [6, 6.07) is 17.0. The molecule has 33 heavy (non-hydrogen) atoms. The molecule has 1 aliphatic rings. The summed E-state index contributed by atoms with van der Waals surface area (Å²) < 4.78 is 0. The second-order valence-electron chi connectivity index (χ2n) is 8.78. The van der Waals surface area contributed by atoms with Gasteiger partial charge in [-0.2, -0.15) is 0 Å². The van der Waals surface area contributed by atoms with E-state index in [9.17, 15) is 19.2 Å². The van der Waals surface area contributed by atoms with Gasteiger partial charge in [0.1, 0.15) is 12.1 Å². The van der Waals surface area contributed by atoms with E-state index in [0.29, 0.717) is 19.5 Å². The van der Waals surface area contributed by atoms with Crippen LogP contribution < -0.4 is 10.6 Å². The van der Waals surface area contributed by atoms with Gasteiger partial charge in [0.15, 0.2) is 0 Å². The van der Waals surface area contributed by atoms with E-state index in [1.807, 2.05) is 74.5 Å². The number of likely N-dealkylation sites (tertiary alicyclic amines) is 1. The van der Waals surface area contributed by atoms with Crippen molar-refractivity contribution in [1.82, 2.24) is 15.5 Å². The SMILES string of the molecule is CC(C)CNC(=O)C(=O)C(Cc1ccccc1)NC(=O)[C@@H]1CCC(=O)N1Cc1ccccc1. The lowest BCUT2D eigenvalue weighted by atomic mass is 10.0. The molecule has 0 saturated carbocycles. The van der Waals surface area contributed by atoms with Crippen LogP contribution in [0.4, 0.5) is 0 Å². The van der Waals surface area contributed by atoms with Gasteiger partial charge in [0.25, 0.3) is 5.91 Å². The quantitative estimate of drug-likeness (QED) is 0.544. The minimum absolute atomic E-state index is 0.0976. The molecule has 2 N–H and O–H groups in total. The predicted octanol–water partition coefficient (Wildman–Crippen LogP) is 2.25. The van der Waals surface area contributed by atoms with E-state index in [4.69, 9.17) is 0 Å². The molecular formula is C26H31N3O4. The first-order valence-electron chi connectivity index (χ1n) is 11.3. The van der Waals surface area contributed by atoms with Crippen molar-refractivity contribution in [2.75, 3.05) is 6.54 Å². The highest BCUT2D eigenvalue weighted by Gasteiger charge is 2.38. The molecule has 7 nitrogen and oxygen atoms in total. The third-order valence-electron chi connectivity index (χ3n) is 5.64. The molecule has 1 fully saturated rings. The number of nitrogens with zero attached hydrogens (tertiary/aromatic N) is 1. The van der Waals surface area contributed by atoms with Crippen LogP contribution in [0, 0.1) is 5.92 Å². The number of hydrogen-bond acceptors (Lipinski definition) is 4. The standard InChI is InChI=1S/C26H31N3O4/c1-18(2)16-27-26(33)24(31)21(15-19-9-5-3-6-10-19)28-25(32)22-13-14-23(30)29(22)17-20-11-7-4-8-12-20/h3-12,18,21-22H,13-17H2,1-2H3,(H,27,33)(H,28,32)/t21?,22-/m0/s1. The van der Waals surface area contributed by atoms with Crippen LogP contribution in [0.3, 0.4) is 0 Å². The molecule has 7 heteroatoms. The van der Waals surface area contributed by atoms with Crippen LogP contribution in [0.15, 0.2) is 60.7 Å². The van der Waals surface area contributed by atoms with E-state index in [-0.39, 0.29) is 24.7 Å². The fraction of sp³-hybridized carbons (Fsp3) is 0.385. The average Bonchev–Trinajstić information content (AvgIpc) is 3.18. The summed E-state index contributed by atoms with van der Waals surface area (Å²) in [5.74, 6) is -1.72. The van der Waals surface area contributed by atoms with Crippen LogP contribution in [0.1, 0.15) is 37.8 Å². The van der Waals surface area contributed by atoms with Crippen molar-refractivity contribution in [2.45, 2.75) is 51.7 Å². The number of carbonyl (C=O) groups excluding carboxylic acids is 4. The molecule has 2 atom stereocenters. The van der Waals surface area contributed by atoms with E-state index in [0.717, 1.165) is 11.1 Å². The third-order valence-corrected chi connectivity index (χ3v) is 5.64. The van der Waals surface area contributed by atoms with Crippen molar-refractivity contribution in [2.24, 2.45) is 5.92 Å². The Morgan fingerprint density at radius 1 is 0.970 bits per heavy atom.